The molecule has 0 aliphatic heterocycles. The van der Waals surface area contributed by atoms with Crippen molar-refractivity contribution in [2.75, 3.05) is 6.54 Å². The number of hydrogen-bond acceptors (Lipinski definition) is 2. The average Bonchev–Trinajstić information content (AvgIpc) is 2.46. The van der Waals surface area contributed by atoms with E-state index in [0.717, 1.165) is 30.0 Å². The molecule has 0 saturated heterocycles. The van der Waals surface area contributed by atoms with E-state index in [4.69, 9.17) is 16.3 Å². The average molecular weight is 402 g/mol. The van der Waals surface area contributed by atoms with Gasteiger partial charge in [-0.2, -0.15) is 0 Å². The van der Waals surface area contributed by atoms with Crippen LogP contribution in [0.5, 0.6) is 5.75 Å². The predicted octanol–water partition coefficient (Wildman–Crippen LogP) is 4.63. The van der Waals surface area contributed by atoms with Crippen LogP contribution in [0.3, 0.4) is 0 Å². The molecule has 2 nitrogen and oxygen atoms in total. The summed E-state index contributed by atoms with van der Waals surface area (Å²) in [7, 11) is 0. The minimum atomic E-state index is 0.528. The summed E-state index contributed by atoms with van der Waals surface area (Å²) < 4.78 is 7.14. The second-order valence-corrected chi connectivity index (χ2v) is 6.08. The summed E-state index contributed by atoms with van der Waals surface area (Å²) in [4.78, 5) is 0. The summed E-state index contributed by atoms with van der Waals surface area (Å²) >= 11 is 8.54. The third-order valence-electron chi connectivity index (χ3n) is 2.91. The minimum absolute atomic E-state index is 0.528. The first-order valence-electron chi connectivity index (χ1n) is 6.56. The summed E-state index contributed by atoms with van der Waals surface area (Å²) in [5, 5.41) is 3.96. The highest BCUT2D eigenvalue weighted by Crippen LogP contribution is 2.29. The van der Waals surface area contributed by atoms with Crippen molar-refractivity contribution in [3.8, 4) is 5.75 Å². The summed E-state index contributed by atoms with van der Waals surface area (Å²) in [5.74, 6) is 0.772. The standard InChI is InChI=1S/C16H17ClINO/c1-2-19-10-13-4-3-5-15(17)16(13)20-11-12-6-8-14(18)9-7-12/h3-9,19H,2,10-11H2,1H3. The fourth-order valence-corrected chi connectivity index (χ4v) is 2.46. The molecule has 0 aliphatic rings. The highest BCUT2D eigenvalue weighted by Gasteiger charge is 2.08. The van der Waals surface area contributed by atoms with Gasteiger partial charge < -0.3 is 10.1 Å². The van der Waals surface area contributed by atoms with Gasteiger partial charge in [0.05, 0.1) is 5.02 Å². The van der Waals surface area contributed by atoms with E-state index in [1.54, 1.807) is 0 Å². The van der Waals surface area contributed by atoms with Gasteiger partial charge in [-0.3, -0.25) is 0 Å². The van der Waals surface area contributed by atoms with Crippen LogP contribution in [0.2, 0.25) is 5.02 Å². The van der Waals surface area contributed by atoms with Gasteiger partial charge >= 0.3 is 0 Å². The lowest BCUT2D eigenvalue weighted by Gasteiger charge is -2.13. The van der Waals surface area contributed by atoms with E-state index in [9.17, 15) is 0 Å². The number of nitrogens with one attached hydrogen (secondary N) is 1. The van der Waals surface area contributed by atoms with Crippen molar-refractivity contribution in [3.05, 3.63) is 62.2 Å². The Balaban J connectivity index is 2.09. The van der Waals surface area contributed by atoms with Gasteiger partial charge in [0.2, 0.25) is 0 Å². The number of hydrogen-bond donors (Lipinski definition) is 1. The van der Waals surface area contributed by atoms with E-state index in [1.807, 2.05) is 18.2 Å². The maximum Gasteiger partial charge on any atom is 0.142 e. The Morgan fingerprint density at radius 1 is 1.15 bits per heavy atom. The molecule has 2 aromatic rings. The molecule has 2 rings (SSSR count). The summed E-state index contributed by atoms with van der Waals surface area (Å²) in [6.07, 6.45) is 0. The van der Waals surface area contributed by atoms with Gasteiger partial charge in [-0.1, -0.05) is 42.8 Å². The van der Waals surface area contributed by atoms with Gasteiger partial charge in [0.15, 0.2) is 0 Å². The van der Waals surface area contributed by atoms with Crippen LogP contribution < -0.4 is 10.1 Å². The van der Waals surface area contributed by atoms with Crippen molar-refractivity contribution in [1.82, 2.24) is 5.32 Å². The fourth-order valence-electron chi connectivity index (χ4n) is 1.85. The maximum absolute atomic E-state index is 6.25. The molecule has 0 aliphatic carbocycles. The molecule has 106 valence electrons. The van der Waals surface area contributed by atoms with Crippen LogP contribution >= 0.6 is 34.2 Å². The van der Waals surface area contributed by atoms with Crippen LogP contribution in [0.25, 0.3) is 0 Å². The number of benzene rings is 2. The van der Waals surface area contributed by atoms with Gasteiger partial charge in [-0.15, -0.1) is 0 Å². The van der Waals surface area contributed by atoms with Crippen molar-refractivity contribution in [1.29, 1.82) is 0 Å². The van der Waals surface area contributed by atoms with Gasteiger partial charge in [0.25, 0.3) is 0 Å². The van der Waals surface area contributed by atoms with Crippen LogP contribution in [0.1, 0.15) is 18.1 Å². The third-order valence-corrected chi connectivity index (χ3v) is 3.93. The van der Waals surface area contributed by atoms with E-state index < -0.39 is 0 Å². The van der Waals surface area contributed by atoms with E-state index in [1.165, 1.54) is 3.57 Å². The van der Waals surface area contributed by atoms with E-state index >= 15 is 0 Å². The number of halogens is 2. The molecular formula is C16H17ClINO. The molecule has 0 atom stereocenters. The Kier molecular flexibility index (Phi) is 6.13. The highest BCUT2D eigenvalue weighted by molar-refractivity contribution is 14.1. The maximum atomic E-state index is 6.25. The Morgan fingerprint density at radius 2 is 1.90 bits per heavy atom. The van der Waals surface area contributed by atoms with Crippen LogP contribution in [-0.2, 0) is 13.2 Å². The molecule has 0 saturated carbocycles. The molecule has 0 unspecified atom stereocenters. The minimum Gasteiger partial charge on any atom is -0.487 e. The van der Waals surface area contributed by atoms with Crippen LogP contribution in [0.4, 0.5) is 0 Å². The molecule has 20 heavy (non-hydrogen) atoms. The van der Waals surface area contributed by atoms with Gasteiger partial charge in [-0.05, 0) is 52.9 Å². The number of rotatable bonds is 6. The fraction of sp³-hybridized carbons (Fsp3) is 0.250. The van der Waals surface area contributed by atoms with Crippen molar-refractivity contribution in [2.24, 2.45) is 0 Å². The molecule has 4 heteroatoms. The molecule has 0 spiro atoms. The van der Waals surface area contributed by atoms with Crippen LogP contribution in [-0.4, -0.2) is 6.54 Å². The molecule has 0 heterocycles. The van der Waals surface area contributed by atoms with Crippen molar-refractivity contribution in [2.45, 2.75) is 20.1 Å². The first-order chi connectivity index (χ1) is 9.70. The first-order valence-corrected chi connectivity index (χ1v) is 8.01. The smallest absolute Gasteiger partial charge is 0.142 e. The predicted molar refractivity (Wildman–Crippen MR) is 92.3 cm³/mol. The molecule has 0 bridgehead atoms. The van der Waals surface area contributed by atoms with Crippen molar-refractivity contribution >= 4 is 34.2 Å². The molecular weight excluding hydrogens is 385 g/mol. The number of para-hydroxylation sites is 1. The van der Waals surface area contributed by atoms with Crippen molar-refractivity contribution < 1.29 is 4.74 Å². The zero-order valence-corrected chi connectivity index (χ0v) is 14.2. The lowest BCUT2D eigenvalue weighted by atomic mass is 10.2. The number of ether oxygens (including phenoxy) is 1. The summed E-state index contributed by atoms with van der Waals surface area (Å²) in [6, 6.07) is 14.1. The Morgan fingerprint density at radius 3 is 2.60 bits per heavy atom. The zero-order valence-electron chi connectivity index (χ0n) is 11.3. The SMILES string of the molecule is CCNCc1cccc(Cl)c1OCc1ccc(I)cc1. The van der Waals surface area contributed by atoms with Crippen LogP contribution in [0.15, 0.2) is 42.5 Å². The van der Waals surface area contributed by atoms with Gasteiger partial charge in [-0.25, -0.2) is 0 Å². The Hall–Kier alpha value is -0.780. The molecule has 1 N–H and O–H groups in total. The van der Waals surface area contributed by atoms with E-state index in [2.05, 4.69) is 59.1 Å². The topological polar surface area (TPSA) is 21.3 Å². The molecule has 0 radical (unpaired) electrons. The lowest BCUT2D eigenvalue weighted by molar-refractivity contribution is 0.302. The molecule has 0 amide bonds. The third kappa shape index (κ3) is 4.36. The Bertz CT molecular complexity index is 557. The summed E-state index contributed by atoms with van der Waals surface area (Å²) in [6.45, 7) is 4.29. The molecule has 0 fully saturated rings. The normalized spacial score (nSPS) is 10.6. The van der Waals surface area contributed by atoms with E-state index in [0.29, 0.717) is 11.6 Å². The molecule has 0 aromatic heterocycles. The molecule has 2 aromatic carbocycles. The lowest BCUT2D eigenvalue weighted by Crippen LogP contribution is -2.13. The summed E-state index contributed by atoms with van der Waals surface area (Å²) in [5.41, 5.74) is 2.23. The van der Waals surface area contributed by atoms with E-state index in [-0.39, 0.29) is 0 Å². The van der Waals surface area contributed by atoms with Gasteiger partial charge in [0.1, 0.15) is 12.4 Å². The highest BCUT2D eigenvalue weighted by atomic mass is 127. The van der Waals surface area contributed by atoms with Crippen LogP contribution in [0, 0.1) is 3.57 Å². The monoisotopic (exact) mass is 401 g/mol. The second-order valence-electron chi connectivity index (χ2n) is 4.42. The second kappa shape index (κ2) is 7.86. The largest absolute Gasteiger partial charge is 0.487 e. The van der Waals surface area contributed by atoms with Crippen molar-refractivity contribution in [3.63, 3.8) is 0 Å². The Labute approximate surface area is 138 Å². The van der Waals surface area contributed by atoms with Gasteiger partial charge in [0, 0.05) is 15.7 Å². The quantitative estimate of drug-likeness (QED) is 0.713. The zero-order chi connectivity index (χ0) is 14.4. The first kappa shape index (κ1) is 15.6.